The van der Waals surface area contributed by atoms with Crippen LogP contribution in [-0.4, -0.2) is 27.7 Å². The van der Waals surface area contributed by atoms with Gasteiger partial charge in [0.15, 0.2) is 11.6 Å². The van der Waals surface area contributed by atoms with Crippen molar-refractivity contribution in [2.24, 2.45) is 0 Å². The van der Waals surface area contributed by atoms with Crippen molar-refractivity contribution in [1.82, 2.24) is 9.97 Å². The number of H-pyrrole nitrogens is 1. The number of carbonyl (C=O) groups is 1. The quantitative estimate of drug-likeness (QED) is 0.389. The molecule has 0 saturated heterocycles. The molecule has 0 radical (unpaired) electrons. The number of hydrogen-bond acceptors (Lipinski definition) is 5. The molecule has 0 unspecified atom stereocenters. The Hall–Kier alpha value is -3.01. The molecule has 6 nitrogen and oxygen atoms in total. The van der Waals surface area contributed by atoms with Crippen LogP contribution < -0.4 is 0 Å². The molecule has 26 heavy (non-hydrogen) atoms. The lowest BCUT2D eigenvalue weighted by Gasteiger charge is -2.07. The van der Waals surface area contributed by atoms with Crippen LogP contribution in [0, 0.1) is 11.3 Å². The Kier molecular flexibility index (Phi) is 5.12. The first kappa shape index (κ1) is 17.8. The number of hydrogen-bond donors (Lipinski definition) is 2. The zero-order valence-electron chi connectivity index (χ0n) is 13.2. The summed E-state index contributed by atoms with van der Waals surface area (Å²) in [5.41, 5.74) is 1.30. The lowest BCUT2D eigenvalue weighted by Crippen LogP contribution is -2.10. The summed E-state index contributed by atoms with van der Waals surface area (Å²) < 4.78 is 5.02. The first-order valence-electron chi connectivity index (χ1n) is 7.39. The number of fused-ring (bicyclic) bond motifs is 1. The molecule has 0 atom stereocenters. The molecule has 2 aromatic carbocycles. The Morgan fingerprint density at radius 1 is 1.27 bits per heavy atom. The van der Waals surface area contributed by atoms with Gasteiger partial charge in [0.1, 0.15) is 18.2 Å². The molecule has 0 bridgehead atoms. The van der Waals surface area contributed by atoms with Gasteiger partial charge >= 0.3 is 5.97 Å². The molecule has 3 rings (SSSR count). The van der Waals surface area contributed by atoms with Crippen molar-refractivity contribution < 1.29 is 14.6 Å². The largest absolute Gasteiger partial charge is 0.507 e. The van der Waals surface area contributed by atoms with Gasteiger partial charge in [-0.1, -0.05) is 35.3 Å². The molecular weight excluding hydrogens is 377 g/mol. The lowest BCUT2D eigenvalue weighted by atomic mass is 10.2. The van der Waals surface area contributed by atoms with Gasteiger partial charge in [-0.3, -0.25) is 0 Å². The van der Waals surface area contributed by atoms with Gasteiger partial charge in [0.25, 0.3) is 0 Å². The number of nitriles is 1. The van der Waals surface area contributed by atoms with Crippen LogP contribution in [-0.2, 0) is 4.74 Å². The van der Waals surface area contributed by atoms with E-state index in [1.165, 1.54) is 18.2 Å². The maximum absolute atomic E-state index is 12.1. The molecule has 0 spiro atoms. The van der Waals surface area contributed by atoms with E-state index in [0.717, 1.165) is 0 Å². The number of aliphatic hydroxyl groups is 1. The highest BCUT2D eigenvalue weighted by Gasteiger charge is 2.17. The third kappa shape index (κ3) is 3.64. The first-order valence-corrected chi connectivity index (χ1v) is 8.14. The fourth-order valence-corrected chi connectivity index (χ4v) is 2.63. The summed E-state index contributed by atoms with van der Waals surface area (Å²) in [4.78, 5) is 19.3. The van der Waals surface area contributed by atoms with Crippen molar-refractivity contribution in [1.29, 1.82) is 5.26 Å². The van der Waals surface area contributed by atoms with E-state index in [1.807, 2.05) is 12.1 Å². The average molecular weight is 388 g/mol. The van der Waals surface area contributed by atoms with Crippen LogP contribution >= 0.6 is 23.2 Å². The van der Waals surface area contributed by atoms with E-state index < -0.39 is 18.3 Å². The van der Waals surface area contributed by atoms with E-state index in [4.69, 9.17) is 27.9 Å². The fraction of sp³-hybridized carbons (Fsp3) is 0.0556. The molecule has 1 aromatic heterocycles. The third-order valence-electron chi connectivity index (χ3n) is 3.51. The van der Waals surface area contributed by atoms with Gasteiger partial charge in [-0.15, -0.1) is 0 Å². The van der Waals surface area contributed by atoms with Gasteiger partial charge in [0.2, 0.25) is 0 Å². The summed E-state index contributed by atoms with van der Waals surface area (Å²) in [7, 11) is 0. The molecular formula is C18H11Cl2N3O3. The Morgan fingerprint density at radius 2 is 2.04 bits per heavy atom. The van der Waals surface area contributed by atoms with Crippen LogP contribution in [0.25, 0.3) is 16.6 Å². The number of nitrogens with one attached hydrogen (secondary N) is 1. The number of aromatic nitrogens is 2. The third-order valence-corrected chi connectivity index (χ3v) is 4.08. The number of allylic oxidation sites excluding steroid dienone is 1. The van der Waals surface area contributed by atoms with Gasteiger partial charge in [-0.2, -0.15) is 5.26 Å². The Bertz CT molecular complexity index is 1030. The van der Waals surface area contributed by atoms with Crippen LogP contribution in [0.4, 0.5) is 0 Å². The monoisotopic (exact) mass is 387 g/mol. The molecule has 8 heteroatoms. The van der Waals surface area contributed by atoms with Gasteiger partial charge in [-0.05, 0) is 30.3 Å². The summed E-state index contributed by atoms with van der Waals surface area (Å²) in [6, 6.07) is 13.4. The van der Waals surface area contributed by atoms with E-state index in [0.29, 0.717) is 16.1 Å². The molecule has 0 fully saturated rings. The Balaban J connectivity index is 1.82. The van der Waals surface area contributed by atoms with E-state index in [1.54, 1.807) is 18.2 Å². The summed E-state index contributed by atoms with van der Waals surface area (Å²) in [6.45, 7) is -0.512. The lowest BCUT2D eigenvalue weighted by molar-refractivity contribution is 0.0503. The topological polar surface area (TPSA) is 99.0 Å². The minimum atomic E-state index is -0.772. The van der Waals surface area contributed by atoms with Crippen LogP contribution in [0.15, 0.2) is 48.2 Å². The number of para-hydroxylation sites is 2. The highest BCUT2D eigenvalue weighted by atomic mass is 35.5. The van der Waals surface area contributed by atoms with Crippen molar-refractivity contribution >= 4 is 45.8 Å². The van der Waals surface area contributed by atoms with Crippen LogP contribution in [0.5, 0.6) is 0 Å². The molecule has 3 aromatic rings. The highest BCUT2D eigenvalue weighted by Crippen LogP contribution is 2.22. The molecule has 0 amide bonds. The number of aliphatic hydroxyl groups excluding tert-OH is 1. The number of rotatable bonds is 4. The van der Waals surface area contributed by atoms with Crippen molar-refractivity contribution in [2.75, 3.05) is 6.61 Å². The number of benzene rings is 2. The van der Waals surface area contributed by atoms with E-state index in [2.05, 4.69) is 9.97 Å². The van der Waals surface area contributed by atoms with Crippen molar-refractivity contribution in [3.05, 3.63) is 69.7 Å². The second-order valence-electron chi connectivity index (χ2n) is 5.24. The maximum Gasteiger partial charge on any atom is 0.340 e. The molecule has 0 aliphatic heterocycles. The smallest absolute Gasteiger partial charge is 0.340 e. The van der Waals surface area contributed by atoms with Crippen LogP contribution in [0.1, 0.15) is 16.2 Å². The summed E-state index contributed by atoms with van der Waals surface area (Å²) in [5.74, 6) is -1.02. The molecule has 0 saturated carbocycles. The predicted octanol–water partition coefficient (Wildman–Crippen LogP) is 4.52. The second kappa shape index (κ2) is 7.48. The van der Waals surface area contributed by atoms with Gasteiger partial charge < -0.3 is 14.8 Å². The maximum atomic E-state index is 12.1. The van der Waals surface area contributed by atoms with Crippen molar-refractivity contribution in [3.8, 4) is 6.07 Å². The van der Waals surface area contributed by atoms with Crippen LogP contribution in [0.3, 0.4) is 0 Å². The van der Waals surface area contributed by atoms with Crippen LogP contribution in [0.2, 0.25) is 10.0 Å². The van der Waals surface area contributed by atoms with Crippen molar-refractivity contribution in [3.63, 3.8) is 0 Å². The zero-order chi connectivity index (χ0) is 18.7. The standard InChI is InChI=1S/C18H11Cl2N3O3/c19-10-5-6-13(20)11(7-10)18(25)26-9-16(24)12(8-21)17-22-14-3-1-2-4-15(14)23-17/h1-7,24H,9H2,(H,22,23)/b16-12-. The number of halogens is 2. The van der Waals surface area contributed by atoms with Gasteiger partial charge in [-0.25, -0.2) is 9.78 Å². The molecule has 2 N–H and O–H groups in total. The molecule has 1 heterocycles. The number of nitrogens with zero attached hydrogens (tertiary/aromatic N) is 2. The van der Waals surface area contributed by atoms with Gasteiger partial charge in [0, 0.05) is 5.02 Å². The second-order valence-corrected chi connectivity index (χ2v) is 6.08. The summed E-state index contributed by atoms with van der Waals surface area (Å²) in [6.07, 6.45) is 0. The Labute approximate surface area is 158 Å². The molecule has 0 aliphatic rings. The minimum Gasteiger partial charge on any atom is -0.507 e. The zero-order valence-corrected chi connectivity index (χ0v) is 14.7. The summed E-state index contributed by atoms with van der Waals surface area (Å²) >= 11 is 11.8. The number of esters is 1. The van der Waals surface area contributed by atoms with Crippen molar-refractivity contribution in [2.45, 2.75) is 0 Å². The van der Waals surface area contributed by atoms with E-state index >= 15 is 0 Å². The SMILES string of the molecule is N#C/C(=C(/O)COC(=O)c1cc(Cl)ccc1Cl)c1nc2ccccc2[nH]1. The van der Waals surface area contributed by atoms with E-state index in [9.17, 15) is 15.2 Å². The number of ether oxygens (including phenoxy) is 1. The predicted molar refractivity (Wildman–Crippen MR) is 98.0 cm³/mol. The number of imidazole rings is 1. The first-order chi connectivity index (χ1) is 12.5. The fourth-order valence-electron chi connectivity index (χ4n) is 2.26. The number of carbonyl (C=O) groups excluding carboxylic acids is 1. The minimum absolute atomic E-state index is 0.0641. The highest BCUT2D eigenvalue weighted by molar-refractivity contribution is 6.35. The summed E-state index contributed by atoms with van der Waals surface area (Å²) in [5, 5.41) is 20.0. The van der Waals surface area contributed by atoms with E-state index in [-0.39, 0.29) is 22.0 Å². The average Bonchev–Trinajstić information content (AvgIpc) is 3.06. The number of aromatic amines is 1. The Morgan fingerprint density at radius 3 is 2.77 bits per heavy atom. The molecule has 130 valence electrons. The molecule has 0 aliphatic carbocycles. The van der Waals surface area contributed by atoms with Gasteiger partial charge in [0.05, 0.1) is 21.6 Å². The normalized spacial score (nSPS) is 11.7.